The van der Waals surface area contributed by atoms with Crippen LogP contribution in [-0.2, 0) is 4.79 Å². The van der Waals surface area contributed by atoms with Crippen LogP contribution in [0.2, 0.25) is 0 Å². The summed E-state index contributed by atoms with van der Waals surface area (Å²) in [4.78, 5) is 12.9. The predicted molar refractivity (Wildman–Crippen MR) is 62.4 cm³/mol. The smallest absolute Gasteiger partial charge is 0.219 e. The number of hydrogen-bond donors (Lipinski definition) is 4. The van der Waals surface area contributed by atoms with Gasteiger partial charge in [-0.2, -0.15) is 0 Å². The van der Waals surface area contributed by atoms with Crippen molar-refractivity contribution in [1.29, 1.82) is 0 Å². The van der Waals surface area contributed by atoms with E-state index in [-0.39, 0.29) is 12.5 Å². The number of rotatable bonds is 6. The van der Waals surface area contributed by atoms with Crippen molar-refractivity contribution in [3.05, 3.63) is 0 Å². The molecule has 1 atom stereocenters. The van der Waals surface area contributed by atoms with Crippen molar-refractivity contribution in [1.82, 2.24) is 10.2 Å². The molecule has 0 aromatic carbocycles. The molecule has 0 bridgehead atoms. The lowest BCUT2D eigenvalue weighted by atomic mass is 10.1. The Bertz CT molecular complexity index is 256. The normalized spacial score (nSPS) is 20.9. The highest BCUT2D eigenvalue weighted by Gasteiger charge is 2.27. The first kappa shape index (κ1) is 14.4. The third-order valence-corrected chi connectivity index (χ3v) is 3.21. The molecular formula is C11H22N2O4. The highest BCUT2D eigenvalue weighted by Crippen LogP contribution is 2.15. The molecule has 1 amide bonds. The van der Waals surface area contributed by atoms with Gasteiger partial charge in [-0.25, -0.2) is 0 Å². The molecule has 17 heavy (non-hydrogen) atoms. The Hall–Kier alpha value is -0.690. The molecule has 100 valence electrons. The summed E-state index contributed by atoms with van der Waals surface area (Å²) in [5.41, 5.74) is -1.46. The van der Waals surface area contributed by atoms with Gasteiger partial charge in [-0.1, -0.05) is 0 Å². The summed E-state index contributed by atoms with van der Waals surface area (Å²) in [7, 11) is 0. The first-order chi connectivity index (χ1) is 8.00. The van der Waals surface area contributed by atoms with Crippen LogP contribution >= 0.6 is 0 Å². The van der Waals surface area contributed by atoms with E-state index in [9.17, 15) is 9.90 Å². The van der Waals surface area contributed by atoms with E-state index in [0.717, 1.165) is 19.5 Å². The van der Waals surface area contributed by atoms with Crippen LogP contribution in [-0.4, -0.2) is 71.1 Å². The Kier molecular flexibility index (Phi) is 5.32. The van der Waals surface area contributed by atoms with Crippen molar-refractivity contribution < 1.29 is 20.1 Å². The Balaban J connectivity index is 2.22. The lowest BCUT2D eigenvalue weighted by molar-refractivity contribution is -0.127. The minimum Gasteiger partial charge on any atom is -0.393 e. The summed E-state index contributed by atoms with van der Waals surface area (Å²) in [6.07, 6.45) is 0.948. The zero-order valence-electron chi connectivity index (χ0n) is 10.2. The summed E-state index contributed by atoms with van der Waals surface area (Å²) < 4.78 is 0. The van der Waals surface area contributed by atoms with E-state index in [2.05, 4.69) is 5.32 Å². The van der Waals surface area contributed by atoms with E-state index in [0.29, 0.717) is 12.5 Å². The van der Waals surface area contributed by atoms with Gasteiger partial charge >= 0.3 is 0 Å². The number of likely N-dealkylation sites (tertiary alicyclic amines) is 1. The number of carbonyl (C=O) groups excluding carboxylic acids is 1. The van der Waals surface area contributed by atoms with Crippen molar-refractivity contribution in [3.8, 4) is 0 Å². The second-order valence-corrected chi connectivity index (χ2v) is 4.79. The molecule has 0 aromatic rings. The molecule has 1 fully saturated rings. The average Bonchev–Trinajstić information content (AvgIpc) is 2.78. The van der Waals surface area contributed by atoms with E-state index < -0.39 is 18.8 Å². The van der Waals surface area contributed by atoms with E-state index in [4.69, 9.17) is 10.2 Å². The van der Waals surface area contributed by atoms with Gasteiger partial charge in [0.1, 0.15) is 5.60 Å². The monoisotopic (exact) mass is 246 g/mol. The molecular weight excluding hydrogens is 224 g/mol. The number of nitrogens with zero attached hydrogens (tertiary/aromatic N) is 1. The van der Waals surface area contributed by atoms with Crippen molar-refractivity contribution in [2.24, 2.45) is 5.92 Å². The van der Waals surface area contributed by atoms with Gasteiger partial charge in [-0.15, -0.1) is 0 Å². The third-order valence-electron chi connectivity index (χ3n) is 3.21. The van der Waals surface area contributed by atoms with E-state index in [1.54, 1.807) is 11.8 Å². The summed E-state index contributed by atoms with van der Waals surface area (Å²) >= 11 is 0. The predicted octanol–water partition coefficient (Wildman–Crippen LogP) is -1.84. The van der Waals surface area contributed by atoms with Gasteiger partial charge in [0.25, 0.3) is 0 Å². The highest BCUT2D eigenvalue weighted by atomic mass is 16.4. The Morgan fingerprint density at radius 3 is 2.59 bits per heavy atom. The first-order valence-electron chi connectivity index (χ1n) is 5.91. The lowest BCUT2D eigenvalue weighted by Crippen LogP contribution is -2.48. The molecule has 1 heterocycles. The van der Waals surface area contributed by atoms with Crippen molar-refractivity contribution in [2.75, 3.05) is 39.4 Å². The third kappa shape index (κ3) is 4.23. The second-order valence-electron chi connectivity index (χ2n) is 4.79. The molecule has 1 aliphatic heterocycles. The lowest BCUT2D eigenvalue weighted by Gasteiger charge is -2.24. The molecule has 0 spiro atoms. The molecule has 0 aliphatic carbocycles. The van der Waals surface area contributed by atoms with Gasteiger partial charge < -0.3 is 25.5 Å². The molecule has 4 N–H and O–H groups in total. The van der Waals surface area contributed by atoms with Gasteiger partial charge in [-0.05, 0) is 18.9 Å². The van der Waals surface area contributed by atoms with Crippen LogP contribution in [0.15, 0.2) is 0 Å². The average molecular weight is 246 g/mol. The van der Waals surface area contributed by atoms with Gasteiger partial charge in [0.05, 0.1) is 13.2 Å². The number of aliphatic hydroxyl groups is 3. The van der Waals surface area contributed by atoms with Crippen LogP contribution in [0.4, 0.5) is 0 Å². The number of nitrogens with one attached hydrogen (secondary N) is 1. The summed E-state index contributed by atoms with van der Waals surface area (Å²) in [6, 6.07) is 0. The van der Waals surface area contributed by atoms with E-state index >= 15 is 0 Å². The topological polar surface area (TPSA) is 93.0 Å². The zero-order chi connectivity index (χ0) is 12.9. The summed E-state index contributed by atoms with van der Waals surface area (Å²) in [5.74, 6) is 0.468. The maximum Gasteiger partial charge on any atom is 0.219 e. The van der Waals surface area contributed by atoms with Gasteiger partial charge in [0.15, 0.2) is 0 Å². The van der Waals surface area contributed by atoms with E-state index in [1.807, 2.05) is 0 Å². The fourth-order valence-corrected chi connectivity index (χ4v) is 1.96. The number of hydrogen-bond acceptors (Lipinski definition) is 5. The second kappa shape index (κ2) is 6.30. The van der Waals surface area contributed by atoms with Gasteiger partial charge in [-0.3, -0.25) is 4.79 Å². The molecule has 0 unspecified atom stereocenters. The van der Waals surface area contributed by atoms with Gasteiger partial charge in [0.2, 0.25) is 5.91 Å². The molecule has 1 saturated heterocycles. The van der Waals surface area contributed by atoms with Crippen LogP contribution in [0.1, 0.15) is 13.3 Å². The summed E-state index contributed by atoms with van der Waals surface area (Å²) in [5, 5.41) is 30.4. The Labute approximate surface area is 101 Å². The number of amides is 1. The van der Waals surface area contributed by atoms with Crippen molar-refractivity contribution >= 4 is 5.91 Å². The molecule has 6 nitrogen and oxygen atoms in total. The minimum atomic E-state index is -1.46. The number of aliphatic hydroxyl groups excluding tert-OH is 2. The standard InChI is InChI=1S/C11H22N2O4/c1-9(16)13-3-2-10(5-13)4-12-6-11(17,7-14)8-15/h10,12,14-15,17H,2-8H2,1H3/t10-/m0/s1. The van der Waals surface area contributed by atoms with E-state index in [1.165, 1.54) is 0 Å². The molecule has 0 saturated carbocycles. The van der Waals surface area contributed by atoms with Crippen molar-refractivity contribution in [2.45, 2.75) is 18.9 Å². The summed E-state index contributed by atoms with van der Waals surface area (Å²) in [6.45, 7) is 2.96. The largest absolute Gasteiger partial charge is 0.393 e. The van der Waals surface area contributed by atoms with Crippen LogP contribution in [0.25, 0.3) is 0 Å². The maximum absolute atomic E-state index is 11.1. The molecule has 1 aliphatic rings. The highest BCUT2D eigenvalue weighted by molar-refractivity contribution is 5.73. The van der Waals surface area contributed by atoms with Crippen LogP contribution in [0.3, 0.4) is 0 Å². The Morgan fingerprint density at radius 2 is 2.12 bits per heavy atom. The van der Waals surface area contributed by atoms with Crippen LogP contribution in [0, 0.1) is 5.92 Å². The molecule has 1 rings (SSSR count). The maximum atomic E-state index is 11.1. The fraction of sp³-hybridized carbons (Fsp3) is 0.909. The zero-order valence-corrected chi connectivity index (χ0v) is 10.2. The molecule has 0 aromatic heterocycles. The first-order valence-corrected chi connectivity index (χ1v) is 5.91. The Morgan fingerprint density at radius 1 is 1.47 bits per heavy atom. The molecule has 0 radical (unpaired) electrons. The van der Waals surface area contributed by atoms with Crippen LogP contribution in [0.5, 0.6) is 0 Å². The van der Waals surface area contributed by atoms with Gasteiger partial charge in [0, 0.05) is 26.6 Å². The molecule has 6 heteroatoms. The van der Waals surface area contributed by atoms with Crippen LogP contribution < -0.4 is 5.32 Å². The SMILES string of the molecule is CC(=O)N1CC[C@@H](CNCC(O)(CO)CO)C1. The fourth-order valence-electron chi connectivity index (χ4n) is 1.96. The van der Waals surface area contributed by atoms with Crippen molar-refractivity contribution in [3.63, 3.8) is 0 Å². The quantitative estimate of drug-likeness (QED) is 0.442. The minimum absolute atomic E-state index is 0.0923. The number of carbonyl (C=O) groups is 1.